The van der Waals surface area contributed by atoms with Crippen molar-refractivity contribution in [2.75, 3.05) is 12.0 Å². The Hall–Kier alpha value is -1.20. The molecular weight excluding hydrogens is 228 g/mol. The summed E-state index contributed by atoms with van der Waals surface area (Å²) in [7, 11) is 0. The molecule has 0 saturated heterocycles. The van der Waals surface area contributed by atoms with Crippen LogP contribution in [0.25, 0.3) is 0 Å². The zero-order chi connectivity index (χ0) is 14.0. The van der Waals surface area contributed by atoms with E-state index in [2.05, 4.69) is 36.2 Å². The highest BCUT2D eigenvalue weighted by Crippen LogP contribution is 2.27. The lowest BCUT2D eigenvalue weighted by Gasteiger charge is -2.26. The van der Waals surface area contributed by atoms with Crippen molar-refractivity contribution < 1.29 is 4.74 Å². The van der Waals surface area contributed by atoms with Gasteiger partial charge in [-0.15, -0.1) is 0 Å². The van der Waals surface area contributed by atoms with E-state index in [-0.39, 0.29) is 5.41 Å². The van der Waals surface area contributed by atoms with E-state index in [9.17, 15) is 0 Å². The largest absolute Gasteiger partial charge is 0.368 e. The molecule has 0 aliphatic rings. The third-order valence-corrected chi connectivity index (χ3v) is 2.69. The fourth-order valence-electron chi connectivity index (χ4n) is 1.60. The first-order valence-corrected chi connectivity index (χ1v) is 6.21. The lowest BCUT2D eigenvalue weighted by atomic mass is 9.91. The number of anilines is 1. The van der Waals surface area contributed by atoms with Gasteiger partial charge in [0.2, 0.25) is 0 Å². The first kappa shape index (κ1) is 14.9. The van der Waals surface area contributed by atoms with Crippen LogP contribution in [0.15, 0.2) is 6.07 Å². The maximum Gasteiger partial charge on any atom is 0.162 e. The molecule has 5 nitrogen and oxygen atoms in total. The zero-order valence-corrected chi connectivity index (χ0v) is 12.2. The van der Waals surface area contributed by atoms with Crippen LogP contribution in [-0.2, 0) is 15.8 Å². The van der Waals surface area contributed by atoms with Crippen LogP contribution in [0, 0.1) is 0 Å². The van der Waals surface area contributed by atoms with Gasteiger partial charge in [0.1, 0.15) is 11.4 Å². The number of ether oxygens (including phenoxy) is 1. The first-order valence-electron chi connectivity index (χ1n) is 6.21. The Morgan fingerprint density at radius 1 is 1.22 bits per heavy atom. The SMILES string of the molecule is CCOC(C)(C)c1nc(NN)cc(C(C)(C)C)n1. The topological polar surface area (TPSA) is 73.1 Å². The van der Waals surface area contributed by atoms with Gasteiger partial charge < -0.3 is 10.2 Å². The lowest BCUT2D eigenvalue weighted by molar-refractivity contribution is -0.0209. The molecule has 0 unspecified atom stereocenters. The maximum atomic E-state index is 5.69. The van der Waals surface area contributed by atoms with Crippen LogP contribution in [0.4, 0.5) is 5.82 Å². The molecule has 0 amide bonds. The fourth-order valence-corrected chi connectivity index (χ4v) is 1.60. The highest BCUT2D eigenvalue weighted by Gasteiger charge is 2.27. The van der Waals surface area contributed by atoms with Gasteiger partial charge in [0.05, 0.1) is 5.69 Å². The standard InChI is InChI=1S/C13H24N4O/c1-7-18-13(5,6)11-15-9(12(2,3)4)8-10(16-11)17-14/h8H,7,14H2,1-6H3,(H,15,16,17). The molecule has 0 spiro atoms. The number of nitrogens with zero attached hydrogens (tertiary/aromatic N) is 2. The molecule has 18 heavy (non-hydrogen) atoms. The van der Waals surface area contributed by atoms with E-state index in [1.807, 2.05) is 26.8 Å². The van der Waals surface area contributed by atoms with Gasteiger partial charge in [0.25, 0.3) is 0 Å². The van der Waals surface area contributed by atoms with Crippen LogP contribution in [0.2, 0.25) is 0 Å². The lowest BCUT2D eigenvalue weighted by Crippen LogP contribution is -2.28. The van der Waals surface area contributed by atoms with Crippen molar-refractivity contribution >= 4 is 5.82 Å². The molecule has 1 aromatic rings. The molecule has 1 heterocycles. The van der Waals surface area contributed by atoms with Crippen molar-refractivity contribution in [1.82, 2.24) is 9.97 Å². The number of rotatable bonds is 4. The normalized spacial score (nSPS) is 12.6. The first-order chi connectivity index (χ1) is 8.20. The minimum atomic E-state index is -0.526. The molecule has 102 valence electrons. The molecule has 0 aliphatic heterocycles. The summed E-state index contributed by atoms with van der Waals surface area (Å²) in [5.41, 5.74) is 2.94. The molecule has 5 heteroatoms. The van der Waals surface area contributed by atoms with Crippen LogP contribution in [0.1, 0.15) is 53.1 Å². The molecule has 0 aromatic carbocycles. The highest BCUT2D eigenvalue weighted by molar-refractivity contribution is 5.37. The van der Waals surface area contributed by atoms with Crippen molar-refractivity contribution in [2.45, 2.75) is 52.6 Å². The molecule has 1 rings (SSSR count). The van der Waals surface area contributed by atoms with Crippen molar-refractivity contribution in [3.63, 3.8) is 0 Å². The molecule has 0 fully saturated rings. The summed E-state index contributed by atoms with van der Waals surface area (Å²) < 4.78 is 5.69. The van der Waals surface area contributed by atoms with Gasteiger partial charge in [-0.05, 0) is 20.8 Å². The Labute approximate surface area is 109 Å². The number of hydrogen-bond donors (Lipinski definition) is 2. The van der Waals surface area contributed by atoms with Gasteiger partial charge in [-0.2, -0.15) is 0 Å². The molecule has 0 saturated carbocycles. The van der Waals surface area contributed by atoms with Crippen LogP contribution in [0.3, 0.4) is 0 Å². The molecule has 0 radical (unpaired) electrons. The van der Waals surface area contributed by atoms with Gasteiger partial charge in [0.15, 0.2) is 5.82 Å². The van der Waals surface area contributed by atoms with Crippen molar-refractivity contribution in [2.24, 2.45) is 5.84 Å². The van der Waals surface area contributed by atoms with Crippen molar-refractivity contribution in [3.8, 4) is 0 Å². The van der Waals surface area contributed by atoms with Gasteiger partial charge in [0, 0.05) is 18.1 Å². The summed E-state index contributed by atoms with van der Waals surface area (Å²) >= 11 is 0. The van der Waals surface area contributed by atoms with Crippen LogP contribution >= 0.6 is 0 Å². The Morgan fingerprint density at radius 2 is 1.83 bits per heavy atom. The summed E-state index contributed by atoms with van der Waals surface area (Å²) in [6.07, 6.45) is 0. The Bertz CT molecular complexity index is 410. The summed E-state index contributed by atoms with van der Waals surface area (Å²) in [6.45, 7) is 12.8. The molecule has 1 aromatic heterocycles. The third kappa shape index (κ3) is 3.40. The molecule has 0 atom stereocenters. The van der Waals surface area contributed by atoms with Gasteiger partial charge >= 0.3 is 0 Å². The van der Waals surface area contributed by atoms with E-state index < -0.39 is 5.60 Å². The second kappa shape index (κ2) is 5.20. The summed E-state index contributed by atoms with van der Waals surface area (Å²) in [6, 6.07) is 1.87. The number of hydrazine groups is 1. The second-order valence-corrected chi connectivity index (χ2v) is 5.80. The number of nitrogen functional groups attached to an aromatic ring is 1. The van der Waals surface area contributed by atoms with Crippen LogP contribution in [-0.4, -0.2) is 16.6 Å². The molecule has 0 aliphatic carbocycles. The average Bonchev–Trinajstić information content (AvgIpc) is 2.27. The minimum absolute atomic E-state index is 0.0639. The van der Waals surface area contributed by atoms with Gasteiger partial charge in [-0.25, -0.2) is 15.8 Å². The van der Waals surface area contributed by atoms with Crippen molar-refractivity contribution in [3.05, 3.63) is 17.6 Å². The van der Waals surface area contributed by atoms with E-state index in [4.69, 9.17) is 10.6 Å². The van der Waals surface area contributed by atoms with E-state index in [1.54, 1.807) is 0 Å². The molecule has 0 bridgehead atoms. The Balaban J connectivity index is 3.28. The summed E-state index contributed by atoms with van der Waals surface area (Å²) in [5, 5.41) is 0. The van der Waals surface area contributed by atoms with E-state index in [0.29, 0.717) is 18.2 Å². The molecule has 3 N–H and O–H groups in total. The van der Waals surface area contributed by atoms with Crippen molar-refractivity contribution in [1.29, 1.82) is 0 Å². The second-order valence-electron chi connectivity index (χ2n) is 5.80. The fraction of sp³-hybridized carbons (Fsp3) is 0.692. The van der Waals surface area contributed by atoms with Gasteiger partial charge in [-0.3, -0.25) is 0 Å². The predicted octanol–water partition coefficient (Wildman–Crippen LogP) is 2.33. The summed E-state index contributed by atoms with van der Waals surface area (Å²) in [5.74, 6) is 6.72. The number of hydrogen-bond acceptors (Lipinski definition) is 5. The Kier molecular flexibility index (Phi) is 4.29. The summed E-state index contributed by atoms with van der Waals surface area (Å²) in [4.78, 5) is 8.99. The molecular formula is C13H24N4O. The van der Waals surface area contributed by atoms with E-state index >= 15 is 0 Å². The smallest absolute Gasteiger partial charge is 0.162 e. The average molecular weight is 252 g/mol. The zero-order valence-electron chi connectivity index (χ0n) is 12.2. The van der Waals surface area contributed by atoms with E-state index in [1.165, 1.54) is 0 Å². The van der Waals surface area contributed by atoms with Gasteiger partial charge in [-0.1, -0.05) is 20.8 Å². The number of nitrogens with one attached hydrogen (secondary N) is 1. The minimum Gasteiger partial charge on any atom is -0.368 e. The highest BCUT2D eigenvalue weighted by atomic mass is 16.5. The van der Waals surface area contributed by atoms with Crippen LogP contribution < -0.4 is 11.3 Å². The Morgan fingerprint density at radius 3 is 2.28 bits per heavy atom. The van der Waals surface area contributed by atoms with E-state index in [0.717, 1.165) is 5.69 Å². The number of nitrogens with two attached hydrogens (primary N) is 1. The quantitative estimate of drug-likeness (QED) is 0.635. The predicted molar refractivity (Wildman–Crippen MR) is 73.2 cm³/mol. The monoisotopic (exact) mass is 252 g/mol. The third-order valence-electron chi connectivity index (χ3n) is 2.69. The van der Waals surface area contributed by atoms with Crippen LogP contribution in [0.5, 0.6) is 0 Å². The number of aromatic nitrogens is 2. The maximum absolute atomic E-state index is 5.69.